The Kier molecular flexibility index (Phi) is 6.65. The largest absolute Gasteiger partial charge is 0.383 e. The lowest BCUT2D eigenvalue weighted by molar-refractivity contribution is 0.205. The monoisotopic (exact) mass is 370 g/mol. The molecule has 0 aliphatic carbocycles. The van der Waals surface area contributed by atoms with Crippen LogP contribution in [0.25, 0.3) is 0 Å². The quantitative estimate of drug-likeness (QED) is 0.716. The van der Waals surface area contributed by atoms with E-state index in [1.165, 1.54) is 0 Å². The second-order valence-corrected chi connectivity index (χ2v) is 5.21. The highest BCUT2D eigenvalue weighted by Gasteiger charge is 2.11. The lowest BCUT2D eigenvalue weighted by Gasteiger charge is -2.23. The summed E-state index contributed by atoms with van der Waals surface area (Å²) in [5, 5.41) is 1.51. The fraction of sp³-hybridized carbons (Fsp3) is 0.500. The third-order valence-electron chi connectivity index (χ3n) is 2.01. The number of methoxy groups -OCH3 is 1. The van der Waals surface area contributed by atoms with Crippen LogP contribution in [0.5, 0.6) is 0 Å². The van der Waals surface area contributed by atoms with Gasteiger partial charge in [0.25, 0.3) is 0 Å². The third kappa shape index (κ3) is 4.20. The van der Waals surface area contributed by atoms with Gasteiger partial charge in [0.1, 0.15) is 5.82 Å². The highest BCUT2D eigenvalue weighted by molar-refractivity contribution is 9.10. The van der Waals surface area contributed by atoms with Gasteiger partial charge in [-0.1, -0.05) is 27.5 Å². The summed E-state index contributed by atoms with van der Waals surface area (Å²) in [4.78, 5) is 6.46. The van der Waals surface area contributed by atoms with Crippen molar-refractivity contribution in [3.63, 3.8) is 0 Å². The van der Waals surface area contributed by atoms with Crippen molar-refractivity contribution in [3.05, 3.63) is 21.8 Å². The van der Waals surface area contributed by atoms with Gasteiger partial charge in [-0.3, -0.25) is 0 Å². The predicted molar refractivity (Wildman–Crippen MR) is 74.8 cm³/mol. The van der Waals surface area contributed by atoms with Crippen LogP contribution in [0.1, 0.15) is 0 Å². The minimum atomic E-state index is 0.626. The molecule has 0 bridgehead atoms. The second-order valence-electron chi connectivity index (χ2n) is 3.13. The molecule has 0 fully saturated rings. The first-order chi connectivity index (χ1) is 7.69. The molecule has 6 heteroatoms. The molecule has 0 saturated carbocycles. The Hall–Kier alpha value is 0.160. The zero-order valence-corrected chi connectivity index (χ0v) is 12.8. The normalized spacial score (nSPS) is 10.5. The van der Waals surface area contributed by atoms with Crippen molar-refractivity contribution in [2.24, 2.45) is 0 Å². The third-order valence-corrected chi connectivity index (χ3v) is 3.15. The van der Waals surface area contributed by atoms with Gasteiger partial charge in [-0.15, -0.1) is 0 Å². The SMILES string of the molecule is COCCN(CCBr)c1ncc(Cl)cc1Br. The highest BCUT2D eigenvalue weighted by Crippen LogP contribution is 2.26. The van der Waals surface area contributed by atoms with Crippen molar-refractivity contribution in [3.8, 4) is 0 Å². The maximum absolute atomic E-state index is 5.86. The topological polar surface area (TPSA) is 25.4 Å². The van der Waals surface area contributed by atoms with Crippen LogP contribution in [0.4, 0.5) is 5.82 Å². The summed E-state index contributed by atoms with van der Waals surface area (Å²) in [7, 11) is 1.69. The van der Waals surface area contributed by atoms with Crippen molar-refractivity contribution in [2.45, 2.75) is 0 Å². The molecule has 16 heavy (non-hydrogen) atoms. The molecule has 1 heterocycles. The minimum absolute atomic E-state index is 0.626. The van der Waals surface area contributed by atoms with Gasteiger partial charge in [-0.2, -0.15) is 0 Å². The Morgan fingerprint density at radius 2 is 2.25 bits per heavy atom. The lowest BCUT2D eigenvalue weighted by Crippen LogP contribution is -2.30. The van der Waals surface area contributed by atoms with Crippen LogP contribution in [0.3, 0.4) is 0 Å². The summed E-state index contributed by atoms with van der Waals surface area (Å²) >= 11 is 12.7. The predicted octanol–water partition coefficient (Wildman–Crippen LogP) is 3.35. The molecule has 0 radical (unpaired) electrons. The number of pyridine rings is 1. The lowest BCUT2D eigenvalue weighted by atomic mass is 10.4. The van der Waals surface area contributed by atoms with E-state index in [1.54, 1.807) is 13.3 Å². The first-order valence-electron chi connectivity index (χ1n) is 4.80. The number of alkyl halides is 1. The van der Waals surface area contributed by atoms with E-state index < -0.39 is 0 Å². The molecule has 0 unspecified atom stereocenters. The average Bonchev–Trinajstić information content (AvgIpc) is 2.25. The molecular weight excluding hydrogens is 359 g/mol. The molecular formula is C10H13Br2ClN2O. The van der Waals surface area contributed by atoms with Crippen molar-refractivity contribution in [2.75, 3.05) is 37.0 Å². The summed E-state index contributed by atoms with van der Waals surface area (Å²) in [6.07, 6.45) is 1.65. The summed E-state index contributed by atoms with van der Waals surface area (Å²) in [6.45, 7) is 2.34. The first kappa shape index (κ1) is 14.2. The standard InChI is InChI=1S/C10H13Br2ClN2O/c1-16-5-4-15(3-2-11)10-9(12)6-8(13)7-14-10/h6-7H,2-5H2,1H3. The van der Waals surface area contributed by atoms with Crippen molar-refractivity contribution < 1.29 is 4.74 Å². The summed E-state index contributed by atoms with van der Waals surface area (Å²) in [5.41, 5.74) is 0. The van der Waals surface area contributed by atoms with Gasteiger partial charge in [0, 0.05) is 31.7 Å². The molecule has 1 aromatic rings. The number of hydrogen-bond acceptors (Lipinski definition) is 3. The molecule has 0 N–H and O–H groups in total. The van der Waals surface area contributed by atoms with E-state index in [0.29, 0.717) is 11.6 Å². The molecule has 1 aromatic heterocycles. The van der Waals surface area contributed by atoms with Gasteiger partial charge in [0.2, 0.25) is 0 Å². The Morgan fingerprint density at radius 3 is 2.81 bits per heavy atom. The van der Waals surface area contributed by atoms with E-state index in [1.807, 2.05) is 6.07 Å². The van der Waals surface area contributed by atoms with Crippen molar-refractivity contribution >= 4 is 49.3 Å². The van der Waals surface area contributed by atoms with Gasteiger partial charge < -0.3 is 9.64 Å². The van der Waals surface area contributed by atoms with Crippen LogP contribution in [-0.2, 0) is 4.74 Å². The number of rotatable bonds is 6. The summed E-state index contributed by atoms with van der Waals surface area (Å²) in [5.74, 6) is 0.890. The Bertz CT molecular complexity index is 339. The molecule has 0 atom stereocenters. The van der Waals surface area contributed by atoms with Crippen LogP contribution < -0.4 is 4.90 Å². The van der Waals surface area contributed by atoms with E-state index in [9.17, 15) is 0 Å². The van der Waals surface area contributed by atoms with Crippen LogP contribution in [0, 0.1) is 0 Å². The fourth-order valence-electron chi connectivity index (χ4n) is 1.27. The molecule has 0 aliphatic heterocycles. The van der Waals surface area contributed by atoms with E-state index in [-0.39, 0.29) is 0 Å². The molecule has 0 spiro atoms. The number of halogens is 3. The summed E-state index contributed by atoms with van der Waals surface area (Å²) in [6, 6.07) is 1.85. The van der Waals surface area contributed by atoms with E-state index >= 15 is 0 Å². The van der Waals surface area contributed by atoms with Gasteiger partial charge in [-0.05, 0) is 22.0 Å². The van der Waals surface area contributed by atoms with Gasteiger partial charge in [0.05, 0.1) is 16.1 Å². The van der Waals surface area contributed by atoms with Crippen LogP contribution in [0.15, 0.2) is 16.7 Å². The van der Waals surface area contributed by atoms with Gasteiger partial charge >= 0.3 is 0 Å². The zero-order valence-electron chi connectivity index (χ0n) is 8.92. The molecule has 0 amide bonds. The number of ether oxygens (including phenoxy) is 1. The molecule has 0 aliphatic rings. The summed E-state index contributed by atoms with van der Waals surface area (Å²) < 4.78 is 5.98. The zero-order chi connectivity index (χ0) is 12.0. The van der Waals surface area contributed by atoms with Gasteiger partial charge in [0.15, 0.2) is 0 Å². The molecule has 0 aromatic carbocycles. The molecule has 0 saturated heterocycles. The van der Waals surface area contributed by atoms with E-state index in [4.69, 9.17) is 16.3 Å². The Balaban J connectivity index is 2.82. The van der Waals surface area contributed by atoms with Crippen molar-refractivity contribution in [1.82, 2.24) is 4.98 Å². The van der Waals surface area contributed by atoms with Crippen molar-refractivity contribution in [1.29, 1.82) is 0 Å². The van der Waals surface area contributed by atoms with E-state index in [2.05, 4.69) is 41.7 Å². The molecule has 90 valence electrons. The van der Waals surface area contributed by atoms with Crippen LogP contribution in [0.2, 0.25) is 5.02 Å². The number of anilines is 1. The minimum Gasteiger partial charge on any atom is -0.383 e. The van der Waals surface area contributed by atoms with Gasteiger partial charge in [-0.25, -0.2) is 4.98 Å². The van der Waals surface area contributed by atoms with Crippen LogP contribution in [-0.4, -0.2) is 37.1 Å². The number of hydrogen-bond donors (Lipinski definition) is 0. The van der Waals surface area contributed by atoms with Crippen LogP contribution >= 0.6 is 43.5 Å². The molecule has 1 rings (SSSR count). The Labute approximate surface area is 117 Å². The first-order valence-corrected chi connectivity index (χ1v) is 7.09. The fourth-order valence-corrected chi connectivity index (χ4v) is 2.58. The Morgan fingerprint density at radius 1 is 1.50 bits per heavy atom. The molecule has 3 nitrogen and oxygen atoms in total. The number of aromatic nitrogens is 1. The maximum Gasteiger partial charge on any atom is 0.143 e. The average molecular weight is 372 g/mol. The second kappa shape index (κ2) is 7.48. The number of nitrogens with zero attached hydrogens (tertiary/aromatic N) is 2. The van der Waals surface area contributed by atoms with E-state index in [0.717, 1.165) is 28.7 Å². The smallest absolute Gasteiger partial charge is 0.143 e. The maximum atomic E-state index is 5.86. The highest BCUT2D eigenvalue weighted by atomic mass is 79.9.